The van der Waals surface area contributed by atoms with E-state index in [1.807, 2.05) is 0 Å². The Labute approximate surface area is 193 Å². The Morgan fingerprint density at radius 3 is 2.03 bits per heavy atom. The van der Waals surface area contributed by atoms with Gasteiger partial charge in [-0.3, -0.25) is 0 Å². The number of aryl methyl sites for hydroxylation is 1. The van der Waals surface area contributed by atoms with E-state index in [-0.39, 0.29) is 36.9 Å². The third-order valence-electron chi connectivity index (χ3n) is 5.84. The zero-order valence-electron chi connectivity index (χ0n) is 18.1. The lowest BCUT2D eigenvalue weighted by molar-refractivity contribution is -0.293. The topological polar surface area (TPSA) is 37.2 Å². The number of rotatable bonds is 6. The molecule has 2 aromatic rings. The molecule has 0 N–H and O–H groups in total. The number of halogens is 6. The Morgan fingerprint density at radius 1 is 0.853 bits per heavy atom. The summed E-state index contributed by atoms with van der Waals surface area (Å²) in [5.41, 5.74) is -3.66. The Balaban J connectivity index is 1.84. The average molecular weight is 483 g/mol. The summed E-state index contributed by atoms with van der Waals surface area (Å²) in [5, 5.41) is 0. The summed E-state index contributed by atoms with van der Waals surface area (Å²) in [6, 6.07) is 16.4. The van der Waals surface area contributed by atoms with Gasteiger partial charge in [0.25, 0.3) is 0 Å². The lowest BCUT2D eigenvalue weighted by atomic mass is 10.0. The van der Waals surface area contributed by atoms with Gasteiger partial charge in [-0.25, -0.2) is 9.98 Å². The predicted octanol–water partition coefficient (Wildman–Crippen LogP) is 5.78. The molecule has 0 radical (unpaired) electrons. The summed E-state index contributed by atoms with van der Waals surface area (Å²) >= 11 is 0. The standard InChI is InChI=1S/C24H23F6N3O/c25-23(26,27)22(24(28,29)30)31-20(14-13-17-8-3-1-4-9-17)33(16-19-12-7-15-34-19)21(32-22)18-10-5-2-6-11-18/h1-6,8-11,19H,7,12-16H2. The maximum atomic E-state index is 14.1. The summed E-state index contributed by atoms with van der Waals surface area (Å²) in [7, 11) is 0. The van der Waals surface area contributed by atoms with Crippen molar-refractivity contribution in [2.75, 3.05) is 13.2 Å². The van der Waals surface area contributed by atoms with Gasteiger partial charge in [-0.15, -0.1) is 0 Å². The molecule has 10 heteroatoms. The van der Waals surface area contributed by atoms with E-state index in [2.05, 4.69) is 9.98 Å². The van der Waals surface area contributed by atoms with E-state index in [1.165, 1.54) is 17.0 Å². The highest BCUT2D eigenvalue weighted by atomic mass is 19.4. The van der Waals surface area contributed by atoms with Crippen LogP contribution >= 0.6 is 0 Å². The van der Waals surface area contributed by atoms with Crippen LogP contribution in [0.2, 0.25) is 0 Å². The normalized spacial score (nSPS) is 20.8. The Kier molecular flexibility index (Phi) is 6.71. The van der Waals surface area contributed by atoms with E-state index in [0.29, 0.717) is 13.0 Å². The molecular weight excluding hydrogens is 460 g/mol. The summed E-state index contributed by atoms with van der Waals surface area (Å²) in [4.78, 5) is 7.99. The molecule has 4 rings (SSSR count). The molecule has 2 aromatic carbocycles. The van der Waals surface area contributed by atoms with Crippen LogP contribution in [0, 0.1) is 0 Å². The van der Waals surface area contributed by atoms with Crippen molar-refractivity contribution in [3.8, 4) is 0 Å². The second-order valence-electron chi connectivity index (χ2n) is 8.23. The molecule has 2 aliphatic heterocycles. The SMILES string of the molecule is FC(F)(F)C1(C(F)(F)F)N=C(CCc2ccccc2)N(CC2CCCO2)C(c2ccccc2)=N1. The Hall–Kier alpha value is -2.88. The third kappa shape index (κ3) is 4.82. The van der Waals surface area contributed by atoms with Crippen molar-refractivity contribution in [1.82, 2.24) is 4.90 Å². The van der Waals surface area contributed by atoms with Crippen molar-refractivity contribution in [3.05, 3.63) is 71.8 Å². The monoisotopic (exact) mass is 483 g/mol. The van der Waals surface area contributed by atoms with Crippen LogP contribution in [0.1, 0.15) is 30.4 Å². The minimum atomic E-state index is -5.78. The number of aliphatic imine (C=N–C) groups is 2. The minimum absolute atomic E-state index is 0.0626. The molecule has 182 valence electrons. The molecule has 0 spiro atoms. The van der Waals surface area contributed by atoms with Gasteiger partial charge in [0.1, 0.15) is 11.7 Å². The van der Waals surface area contributed by atoms with Gasteiger partial charge in [0.15, 0.2) is 0 Å². The van der Waals surface area contributed by atoms with Gasteiger partial charge in [-0.2, -0.15) is 26.3 Å². The molecular formula is C24H23F6N3O. The molecule has 1 fully saturated rings. The second-order valence-corrected chi connectivity index (χ2v) is 8.23. The zero-order valence-corrected chi connectivity index (χ0v) is 18.1. The number of amidine groups is 2. The zero-order chi connectivity index (χ0) is 24.4. The van der Waals surface area contributed by atoms with E-state index in [9.17, 15) is 26.3 Å². The first-order chi connectivity index (χ1) is 16.1. The third-order valence-corrected chi connectivity index (χ3v) is 5.84. The number of hydrogen-bond acceptors (Lipinski definition) is 4. The van der Waals surface area contributed by atoms with Gasteiger partial charge in [-0.1, -0.05) is 60.7 Å². The van der Waals surface area contributed by atoms with Crippen LogP contribution in [0.5, 0.6) is 0 Å². The molecule has 0 bridgehead atoms. The van der Waals surface area contributed by atoms with Crippen LogP contribution in [0.15, 0.2) is 70.6 Å². The highest BCUT2D eigenvalue weighted by Crippen LogP contribution is 2.49. The highest BCUT2D eigenvalue weighted by molar-refractivity contribution is 6.11. The fourth-order valence-electron chi connectivity index (χ4n) is 4.11. The molecule has 1 unspecified atom stereocenters. The molecule has 1 saturated heterocycles. The first-order valence-electron chi connectivity index (χ1n) is 10.9. The summed E-state index contributed by atoms with van der Waals surface area (Å²) in [6.07, 6.45) is -10.4. The molecule has 2 heterocycles. The smallest absolute Gasteiger partial charge is 0.376 e. The number of ether oxygens (including phenoxy) is 1. The first-order valence-corrected chi connectivity index (χ1v) is 10.9. The van der Waals surface area contributed by atoms with Gasteiger partial charge in [0.2, 0.25) is 0 Å². The number of alkyl halides is 6. The lowest BCUT2D eigenvalue weighted by Gasteiger charge is -2.40. The largest absolute Gasteiger partial charge is 0.443 e. The number of benzene rings is 2. The van der Waals surface area contributed by atoms with Gasteiger partial charge in [-0.05, 0) is 24.8 Å². The maximum absolute atomic E-state index is 14.1. The van der Waals surface area contributed by atoms with Gasteiger partial charge < -0.3 is 9.64 Å². The Bertz CT molecular complexity index is 1010. The molecule has 2 aliphatic rings. The number of nitrogens with zero attached hydrogens (tertiary/aromatic N) is 3. The fraction of sp³-hybridized carbons (Fsp3) is 0.417. The van der Waals surface area contributed by atoms with E-state index < -0.39 is 23.9 Å². The predicted molar refractivity (Wildman–Crippen MR) is 116 cm³/mol. The van der Waals surface area contributed by atoms with Crippen LogP contribution < -0.4 is 0 Å². The summed E-state index contributed by atoms with van der Waals surface area (Å²) in [5.74, 6) is -0.730. The van der Waals surface area contributed by atoms with Crippen molar-refractivity contribution >= 4 is 11.7 Å². The molecule has 0 saturated carbocycles. The van der Waals surface area contributed by atoms with Crippen LogP contribution in [0.4, 0.5) is 26.3 Å². The molecule has 0 aromatic heterocycles. The van der Waals surface area contributed by atoms with E-state index in [4.69, 9.17) is 4.74 Å². The number of hydrogen-bond donors (Lipinski definition) is 0. The van der Waals surface area contributed by atoms with Crippen LogP contribution in [0.3, 0.4) is 0 Å². The minimum Gasteiger partial charge on any atom is -0.376 e. The van der Waals surface area contributed by atoms with Crippen molar-refractivity contribution in [1.29, 1.82) is 0 Å². The second kappa shape index (κ2) is 9.40. The maximum Gasteiger partial charge on any atom is 0.443 e. The van der Waals surface area contributed by atoms with Crippen molar-refractivity contribution in [2.45, 2.75) is 49.8 Å². The van der Waals surface area contributed by atoms with Crippen LogP contribution in [-0.2, 0) is 11.2 Å². The highest BCUT2D eigenvalue weighted by Gasteiger charge is 2.73. The molecule has 0 amide bonds. The van der Waals surface area contributed by atoms with Crippen LogP contribution in [0.25, 0.3) is 0 Å². The average Bonchev–Trinajstić information content (AvgIpc) is 3.31. The lowest BCUT2D eigenvalue weighted by Crippen LogP contribution is -2.60. The van der Waals surface area contributed by atoms with Crippen molar-refractivity contribution in [2.24, 2.45) is 9.98 Å². The first kappa shape index (κ1) is 24.3. The quantitative estimate of drug-likeness (QED) is 0.489. The Morgan fingerprint density at radius 2 is 1.47 bits per heavy atom. The van der Waals surface area contributed by atoms with Crippen molar-refractivity contribution in [3.63, 3.8) is 0 Å². The van der Waals surface area contributed by atoms with Gasteiger partial charge >= 0.3 is 18.0 Å². The van der Waals surface area contributed by atoms with Gasteiger partial charge in [0.05, 0.1) is 12.6 Å². The van der Waals surface area contributed by atoms with E-state index >= 15 is 0 Å². The van der Waals surface area contributed by atoms with E-state index in [1.54, 1.807) is 48.5 Å². The molecule has 0 aliphatic carbocycles. The molecule has 1 atom stereocenters. The summed E-state index contributed by atoms with van der Waals surface area (Å²) in [6.45, 7) is 0.551. The fourth-order valence-corrected chi connectivity index (χ4v) is 4.11. The van der Waals surface area contributed by atoms with Crippen molar-refractivity contribution < 1.29 is 31.1 Å². The van der Waals surface area contributed by atoms with E-state index in [0.717, 1.165) is 12.0 Å². The molecule has 4 nitrogen and oxygen atoms in total. The summed E-state index contributed by atoms with van der Waals surface area (Å²) < 4.78 is 90.1. The van der Waals surface area contributed by atoms with Crippen LogP contribution in [-0.4, -0.2) is 53.8 Å². The van der Waals surface area contributed by atoms with Gasteiger partial charge in [0, 0.05) is 18.6 Å². The molecule has 34 heavy (non-hydrogen) atoms.